The second-order valence-corrected chi connectivity index (χ2v) is 5.59. The molecule has 0 radical (unpaired) electrons. The average Bonchev–Trinajstić information content (AvgIpc) is 2.92. The molecule has 4 nitrogen and oxygen atoms in total. The van der Waals surface area contributed by atoms with Crippen molar-refractivity contribution in [1.29, 1.82) is 0 Å². The molecule has 0 bridgehead atoms. The number of ether oxygens (including phenoxy) is 2. The van der Waals surface area contributed by atoms with Crippen LogP contribution in [0.15, 0.2) is 42.7 Å². The summed E-state index contributed by atoms with van der Waals surface area (Å²) in [4.78, 5) is 4.48. The molecule has 120 valence electrons. The maximum atomic E-state index is 5.89. The number of benzene rings is 2. The topological polar surface area (TPSA) is 36.3 Å². The predicted octanol–water partition coefficient (Wildman–Crippen LogP) is 4.13. The summed E-state index contributed by atoms with van der Waals surface area (Å²) in [7, 11) is 0. The first-order valence-electron chi connectivity index (χ1n) is 7.95. The highest BCUT2D eigenvalue weighted by Gasteiger charge is 2.07. The molecule has 1 aromatic heterocycles. The molecule has 0 N–H and O–H groups in total. The molecule has 0 aliphatic heterocycles. The summed E-state index contributed by atoms with van der Waals surface area (Å²) in [6.45, 7) is 8.16. The van der Waals surface area contributed by atoms with Gasteiger partial charge in [-0.3, -0.25) is 0 Å². The predicted molar refractivity (Wildman–Crippen MR) is 92.3 cm³/mol. The molecule has 0 saturated heterocycles. The van der Waals surface area contributed by atoms with Gasteiger partial charge in [-0.25, -0.2) is 4.98 Å². The van der Waals surface area contributed by atoms with E-state index in [-0.39, 0.29) is 0 Å². The summed E-state index contributed by atoms with van der Waals surface area (Å²) in [6.07, 6.45) is 1.88. The Morgan fingerprint density at radius 2 is 1.70 bits per heavy atom. The number of para-hydroxylation sites is 2. The third-order valence-corrected chi connectivity index (χ3v) is 3.98. The molecular weight excluding hydrogens is 288 g/mol. The molecule has 0 amide bonds. The van der Waals surface area contributed by atoms with Crippen LogP contribution in [0, 0.1) is 13.8 Å². The van der Waals surface area contributed by atoms with Crippen molar-refractivity contribution in [3.63, 3.8) is 0 Å². The highest BCUT2D eigenvalue weighted by atomic mass is 16.5. The number of rotatable bonds is 6. The van der Waals surface area contributed by atoms with Crippen molar-refractivity contribution >= 4 is 11.0 Å². The van der Waals surface area contributed by atoms with Gasteiger partial charge >= 0.3 is 0 Å². The second kappa shape index (κ2) is 6.73. The van der Waals surface area contributed by atoms with Gasteiger partial charge in [0.15, 0.2) is 11.5 Å². The van der Waals surface area contributed by atoms with Gasteiger partial charge in [-0.05, 0) is 56.2 Å². The molecule has 0 saturated carbocycles. The highest BCUT2D eigenvalue weighted by Crippen LogP contribution is 2.26. The van der Waals surface area contributed by atoms with Crippen molar-refractivity contribution in [3.8, 4) is 11.5 Å². The van der Waals surface area contributed by atoms with Gasteiger partial charge in [0.25, 0.3) is 0 Å². The van der Waals surface area contributed by atoms with E-state index in [1.807, 2.05) is 37.5 Å². The third kappa shape index (κ3) is 3.31. The molecule has 1 heterocycles. The van der Waals surface area contributed by atoms with Crippen LogP contribution < -0.4 is 9.47 Å². The van der Waals surface area contributed by atoms with Crippen LogP contribution in [0.1, 0.15) is 18.1 Å². The lowest BCUT2D eigenvalue weighted by molar-refractivity contribution is 0.267. The monoisotopic (exact) mass is 310 g/mol. The van der Waals surface area contributed by atoms with E-state index in [9.17, 15) is 0 Å². The minimum atomic E-state index is 0.572. The SMILES string of the molecule is CCOc1ccccc1OCCn1cnc2cc(C)c(C)cc21. The van der Waals surface area contributed by atoms with E-state index in [4.69, 9.17) is 9.47 Å². The Labute approximate surface area is 136 Å². The van der Waals surface area contributed by atoms with Crippen LogP contribution in [0.3, 0.4) is 0 Å². The Balaban J connectivity index is 1.71. The maximum Gasteiger partial charge on any atom is 0.161 e. The largest absolute Gasteiger partial charge is 0.490 e. The second-order valence-electron chi connectivity index (χ2n) is 5.59. The lowest BCUT2D eigenvalue weighted by atomic mass is 10.1. The van der Waals surface area contributed by atoms with Crippen LogP contribution in [0.2, 0.25) is 0 Å². The molecule has 0 aliphatic carbocycles. The van der Waals surface area contributed by atoms with Gasteiger partial charge in [0.05, 0.1) is 30.5 Å². The van der Waals surface area contributed by atoms with Gasteiger partial charge < -0.3 is 14.0 Å². The van der Waals surface area contributed by atoms with Crippen LogP contribution in [0.4, 0.5) is 0 Å². The molecule has 2 aromatic carbocycles. The molecule has 3 aromatic rings. The van der Waals surface area contributed by atoms with Crippen molar-refractivity contribution in [1.82, 2.24) is 9.55 Å². The van der Waals surface area contributed by atoms with E-state index >= 15 is 0 Å². The van der Waals surface area contributed by atoms with E-state index in [0.29, 0.717) is 13.2 Å². The number of hydrogen-bond acceptors (Lipinski definition) is 3. The smallest absolute Gasteiger partial charge is 0.161 e. The number of aromatic nitrogens is 2. The third-order valence-electron chi connectivity index (χ3n) is 3.98. The van der Waals surface area contributed by atoms with Gasteiger partial charge in [0.1, 0.15) is 6.61 Å². The van der Waals surface area contributed by atoms with E-state index in [1.165, 1.54) is 11.1 Å². The minimum absolute atomic E-state index is 0.572. The van der Waals surface area contributed by atoms with Crippen LogP contribution >= 0.6 is 0 Å². The van der Waals surface area contributed by atoms with Gasteiger partial charge in [0, 0.05) is 0 Å². The average molecular weight is 310 g/mol. The van der Waals surface area contributed by atoms with Crippen LogP contribution in [-0.4, -0.2) is 22.8 Å². The fourth-order valence-corrected chi connectivity index (χ4v) is 2.59. The van der Waals surface area contributed by atoms with Crippen molar-refractivity contribution in [3.05, 3.63) is 53.9 Å². The van der Waals surface area contributed by atoms with E-state index < -0.39 is 0 Å². The van der Waals surface area contributed by atoms with Crippen molar-refractivity contribution in [2.45, 2.75) is 27.3 Å². The first kappa shape index (κ1) is 15.4. The Kier molecular flexibility index (Phi) is 4.51. The van der Waals surface area contributed by atoms with Crippen molar-refractivity contribution in [2.24, 2.45) is 0 Å². The lowest BCUT2D eigenvalue weighted by Gasteiger charge is -2.12. The van der Waals surface area contributed by atoms with Gasteiger partial charge in [0.2, 0.25) is 0 Å². The normalized spacial score (nSPS) is 10.9. The zero-order chi connectivity index (χ0) is 16.2. The Hall–Kier alpha value is -2.49. The van der Waals surface area contributed by atoms with Gasteiger partial charge in [-0.15, -0.1) is 0 Å². The molecule has 0 spiro atoms. The van der Waals surface area contributed by atoms with Crippen LogP contribution in [-0.2, 0) is 6.54 Å². The number of fused-ring (bicyclic) bond motifs is 1. The zero-order valence-electron chi connectivity index (χ0n) is 13.9. The maximum absolute atomic E-state index is 5.89. The highest BCUT2D eigenvalue weighted by molar-refractivity contribution is 5.77. The molecular formula is C19H22N2O2. The van der Waals surface area contributed by atoms with Crippen LogP contribution in [0.25, 0.3) is 11.0 Å². The summed E-state index contributed by atoms with van der Waals surface area (Å²) < 4.78 is 13.6. The lowest BCUT2D eigenvalue weighted by Crippen LogP contribution is -2.08. The Morgan fingerprint density at radius 3 is 2.43 bits per heavy atom. The first-order chi connectivity index (χ1) is 11.2. The summed E-state index contributed by atoms with van der Waals surface area (Å²) in [6, 6.07) is 12.1. The summed E-state index contributed by atoms with van der Waals surface area (Å²) in [5, 5.41) is 0. The molecule has 23 heavy (non-hydrogen) atoms. The standard InChI is InChI=1S/C19H22N2O2/c1-4-22-18-7-5-6-8-19(18)23-10-9-21-13-20-16-11-14(2)15(3)12-17(16)21/h5-8,11-13H,4,9-10H2,1-3H3. The van der Waals surface area contributed by atoms with E-state index in [2.05, 4.69) is 35.5 Å². The number of imidazole rings is 1. The van der Waals surface area contributed by atoms with Gasteiger partial charge in [-0.2, -0.15) is 0 Å². The Bertz CT molecular complexity index is 808. The Morgan fingerprint density at radius 1 is 1.00 bits per heavy atom. The summed E-state index contributed by atoms with van der Waals surface area (Å²) in [5.74, 6) is 1.57. The van der Waals surface area contributed by atoms with Crippen molar-refractivity contribution < 1.29 is 9.47 Å². The van der Waals surface area contributed by atoms with Crippen LogP contribution in [0.5, 0.6) is 11.5 Å². The van der Waals surface area contributed by atoms with Gasteiger partial charge in [-0.1, -0.05) is 12.1 Å². The minimum Gasteiger partial charge on any atom is -0.490 e. The number of aryl methyl sites for hydroxylation is 2. The molecule has 0 fully saturated rings. The zero-order valence-corrected chi connectivity index (χ0v) is 13.9. The molecule has 4 heteroatoms. The molecule has 0 unspecified atom stereocenters. The quantitative estimate of drug-likeness (QED) is 0.687. The number of hydrogen-bond donors (Lipinski definition) is 0. The van der Waals surface area contributed by atoms with Crippen molar-refractivity contribution in [2.75, 3.05) is 13.2 Å². The van der Waals surface area contributed by atoms with E-state index in [1.54, 1.807) is 0 Å². The fourth-order valence-electron chi connectivity index (χ4n) is 2.59. The summed E-state index contributed by atoms with van der Waals surface area (Å²) >= 11 is 0. The number of nitrogens with zero attached hydrogens (tertiary/aromatic N) is 2. The molecule has 0 aliphatic rings. The van der Waals surface area contributed by atoms with E-state index in [0.717, 1.165) is 29.1 Å². The molecule has 0 atom stereocenters. The fraction of sp³-hybridized carbons (Fsp3) is 0.316. The molecule has 3 rings (SSSR count). The first-order valence-corrected chi connectivity index (χ1v) is 7.95. The summed E-state index contributed by atoms with van der Waals surface area (Å²) in [5.41, 5.74) is 4.73.